The Bertz CT molecular complexity index is 338. The Labute approximate surface area is 112 Å². The Morgan fingerprint density at radius 2 is 1.68 bits per heavy atom. The summed E-state index contributed by atoms with van der Waals surface area (Å²) in [6.45, 7) is 8.40. The van der Waals surface area contributed by atoms with Gasteiger partial charge in [-0.25, -0.2) is 15.0 Å². The third kappa shape index (κ3) is 8.70. The van der Waals surface area contributed by atoms with E-state index in [1.54, 1.807) is 27.7 Å². The van der Waals surface area contributed by atoms with Crippen LogP contribution in [0.5, 0.6) is 0 Å². The molecule has 0 heterocycles. The fourth-order valence-corrected chi connectivity index (χ4v) is 0.938. The van der Waals surface area contributed by atoms with Crippen molar-refractivity contribution in [3.05, 3.63) is 0 Å². The molecule has 0 aromatic carbocycles. The van der Waals surface area contributed by atoms with Crippen LogP contribution in [0.25, 0.3) is 0 Å². The van der Waals surface area contributed by atoms with Gasteiger partial charge in [-0.05, 0) is 34.6 Å². The van der Waals surface area contributed by atoms with Crippen LogP contribution in [0.3, 0.4) is 0 Å². The van der Waals surface area contributed by atoms with Gasteiger partial charge in [-0.1, -0.05) is 0 Å². The van der Waals surface area contributed by atoms with Crippen molar-refractivity contribution in [2.24, 2.45) is 0 Å². The van der Waals surface area contributed by atoms with Gasteiger partial charge in [0.2, 0.25) is 0 Å². The number of amides is 3. The van der Waals surface area contributed by atoms with Crippen molar-refractivity contribution in [3.63, 3.8) is 0 Å². The van der Waals surface area contributed by atoms with Crippen LogP contribution in [0.1, 0.15) is 34.6 Å². The van der Waals surface area contributed by atoms with Gasteiger partial charge in [0, 0.05) is 0 Å². The second kappa shape index (κ2) is 7.45. The number of alkyl carbamates (subject to hydrolysis) is 1. The van der Waals surface area contributed by atoms with Crippen molar-refractivity contribution in [2.45, 2.75) is 46.3 Å². The van der Waals surface area contributed by atoms with Crippen LogP contribution in [0.4, 0.5) is 9.59 Å². The number of ether oxygens (including phenoxy) is 2. The van der Waals surface area contributed by atoms with Gasteiger partial charge in [-0.3, -0.25) is 10.2 Å². The maximum atomic E-state index is 11.5. The topological polar surface area (TPSA) is 106 Å². The molecular formula is C11H21N3O5. The zero-order valence-electron chi connectivity index (χ0n) is 11.8. The summed E-state index contributed by atoms with van der Waals surface area (Å²) in [5.74, 6) is -0.598. The van der Waals surface area contributed by atoms with Gasteiger partial charge in [-0.15, -0.1) is 0 Å². The van der Waals surface area contributed by atoms with Gasteiger partial charge in [-0.2, -0.15) is 0 Å². The highest BCUT2D eigenvalue weighted by molar-refractivity contribution is 5.86. The number of hydrogen-bond donors (Lipinski definition) is 3. The Hall–Kier alpha value is -1.99. The van der Waals surface area contributed by atoms with Crippen molar-refractivity contribution < 1.29 is 23.9 Å². The molecule has 3 amide bonds. The maximum absolute atomic E-state index is 11.5. The van der Waals surface area contributed by atoms with E-state index >= 15 is 0 Å². The second-order valence-corrected chi connectivity index (χ2v) is 4.70. The molecule has 0 bridgehead atoms. The van der Waals surface area contributed by atoms with Crippen molar-refractivity contribution >= 4 is 18.1 Å². The van der Waals surface area contributed by atoms with E-state index in [9.17, 15) is 14.4 Å². The zero-order chi connectivity index (χ0) is 15.1. The third-order valence-electron chi connectivity index (χ3n) is 1.69. The Morgan fingerprint density at radius 3 is 2.16 bits per heavy atom. The molecule has 0 radical (unpaired) electrons. The van der Waals surface area contributed by atoms with Crippen LogP contribution in [0.15, 0.2) is 0 Å². The lowest BCUT2D eigenvalue weighted by molar-refractivity contribution is -0.123. The first-order valence-corrected chi connectivity index (χ1v) is 5.88. The van der Waals surface area contributed by atoms with Crippen LogP contribution < -0.4 is 16.2 Å². The summed E-state index contributed by atoms with van der Waals surface area (Å²) < 4.78 is 9.52. The van der Waals surface area contributed by atoms with Gasteiger partial charge < -0.3 is 14.8 Å². The molecule has 0 saturated carbocycles. The normalized spacial score (nSPS) is 12.1. The van der Waals surface area contributed by atoms with Crippen molar-refractivity contribution in [3.8, 4) is 0 Å². The van der Waals surface area contributed by atoms with Crippen molar-refractivity contribution in [1.29, 1.82) is 0 Å². The van der Waals surface area contributed by atoms with Gasteiger partial charge in [0.15, 0.2) is 0 Å². The third-order valence-corrected chi connectivity index (χ3v) is 1.69. The van der Waals surface area contributed by atoms with Crippen LogP contribution in [-0.4, -0.2) is 36.3 Å². The lowest BCUT2D eigenvalue weighted by atomic mass is 10.2. The van der Waals surface area contributed by atoms with E-state index in [1.807, 2.05) is 5.43 Å². The Morgan fingerprint density at radius 1 is 1.11 bits per heavy atom. The summed E-state index contributed by atoms with van der Waals surface area (Å²) in [7, 11) is 0. The summed E-state index contributed by atoms with van der Waals surface area (Å²) in [6, 6.07) is -0.864. The number of hydrazine groups is 1. The molecule has 0 aliphatic carbocycles. The SMILES string of the molecule is CCOC(=O)NNC(=O)[C@@H](C)NC(=O)OC(C)(C)C. The van der Waals surface area contributed by atoms with Gasteiger partial charge >= 0.3 is 12.2 Å². The van der Waals surface area contributed by atoms with Crippen molar-refractivity contribution in [2.75, 3.05) is 6.61 Å². The molecule has 0 aliphatic rings. The summed E-state index contributed by atoms with van der Waals surface area (Å²) >= 11 is 0. The zero-order valence-corrected chi connectivity index (χ0v) is 11.8. The highest BCUT2D eigenvalue weighted by atomic mass is 16.6. The van der Waals surface area contributed by atoms with E-state index in [0.717, 1.165) is 0 Å². The molecule has 110 valence electrons. The average molecular weight is 275 g/mol. The van der Waals surface area contributed by atoms with Crippen LogP contribution in [0, 0.1) is 0 Å². The first kappa shape index (κ1) is 17.0. The van der Waals surface area contributed by atoms with Gasteiger partial charge in [0.25, 0.3) is 5.91 Å². The van der Waals surface area contributed by atoms with Gasteiger partial charge in [0.05, 0.1) is 6.61 Å². The first-order valence-electron chi connectivity index (χ1n) is 5.88. The van der Waals surface area contributed by atoms with E-state index in [0.29, 0.717) is 0 Å². The molecule has 19 heavy (non-hydrogen) atoms. The number of carbonyl (C=O) groups excluding carboxylic acids is 3. The molecule has 0 aliphatic heterocycles. The summed E-state index contributed by atoms with van der Waals surface area (Å²) in [4.78, 5) is 33.8. The molecule has 0 aromatic rings. The van der Waals surface area contributed by atoms with E-state index < -0.39 is 29.7 Å². The van der Waals surface area contributed by atoms with Gasteiger partial charge in [0.1, 0.15) is 11.6 Å². The van der Waals surface area contributed by atoms with E-state index in [-0.39, 0.29) is 6.61 Å². The molecule has 0 saturated heterocycles. The number of carbonyl (C=O) groups is 3. The highest BCUT2D eigenvalue weighted by Gasteiger charge is 2.21. The fraction of sp³-hybridized carbons (Fsp3) is 0.727. The maximum Gasteiger partial charge on any atom is 0.426 e. The van der Waals surface area contributed by atoms with E-state index in [2.05, 4.69) is 15.5 Å². The van der Waals surface area contributed by atoms with E-state index in [1.165, 1.54) is 6.92 Å². The largest absolute Gasteiger partial charge is 0.449 e. The predicted octanol–water partition coefficient (Wildman–Crippen LogP) is 0.677. The molecule has 0 aromatic heterocycles. The van der Waals surface area contributed by atoms with Crippen molar-refractivity contribution in [1.82, 2.24) is 16.2 Å². The number of nitrogens with one attached hydrogen (secondary N) is 3. The minimum Gasteiger partial charge on any atom is -0.449 e. The molecule has 0 fully saturated rings. The molecule has 3 N–H and O–H groups in total. The standard InChI is InChI=1S/C11H21N3O5/c1-6-18-10(17)14-13-8(15)7(2)12-9(16)19-11(3,4)5/h7H,6H2,1-5H3,(H,12,16)(H,13,15)(H,14,17)/t7-/m1/s1. The van der Waals surface area contributed by atoms with Crippen LogP contribution >= 0.6 is 0 Å². The Kier molecular flexibility index (Phi) is 6.67. The molecule has 1 atom stereocenters. The summed E-state index contributed by atoms with van der Waals surface area (Å²) in [5, 5.41) is 2.33. The summed E-state index contributed by atoms with van der Waals surface area (Å²) in [6.07, 6.45) is -1.49. The minimum absolute atomic E-state index is 0.188. The molecule has 0 rings (SSSR count). The number of hydrogen-bond acceptors (Lipinski definition) is 5. The molecule has 8 heteroatoms. The first-order chi connectivity index (χ1) is 8.65. The van der Waals surface area contributed by atoms with E-state index in [4.69, 9.17) is 4.74 Å². The van der Waals surface area contributed by atoms with Crippen LogP contribution in [-0.2, 0) is 14.3 Å². The summed E-state index contributed by atoms with van der Waals surface area (Å²) in [5.41, 5.74) is 3.49. The lowest BCUT2D eigenvalue weighted by Gasteiger charge is -2.21. The molecule has 0 spiro atoms. The minimum atomic E-state index is -0.864. The lowest BCUT2D eigenvalue weighted by Crippen LogP contribution is -2.51. The second-order valence-electron chi connectivity index (χ2n) is 4.70. The predicted molar refractivity (Wildman–Crippen MR) is 67.1 cm³/mol. The Balaban J connectivity index is 4.07. The molecular weight excluding hydrogens is 254 g/mol. The highest BCUT2D eigenvalue weighted by Crippen LogP contribution is 2.06. The smallest absolute Gasteiger partial charge is 0.426 e. The van der Waals surface area contributed by atoms with Crippen LogP contribution in [0.2, 0.25) is 0 Å². The molecule has 0 unspecified atom stereocenters. The average Bonchev–Trinajstić information content (AvgIpc) is 2.23. The molecule has 8 nitrogen and oxygen atoms in total. The number of rotatable bonds is 3. The quantitative estimate of drug-likeness (QED) is 0.657. The monoisotopic (exact) mass is 275 g/mol. The fourth-order valence-electron chi connectivity index (χ4n) is 0.938.